The highest BCUT2D eigenvalue weighted by Crippen LogP contribution is 2.19. The molecule has 114 valence electrons. The minimum atomic E-state index is -3.32. The molecule has 0 fully saturated rings. The second kappa shape index (κ2) is 7.64. The maximum atomic E-state index is 12.6. The van der Waals surface area contributed by atoms with Crippen LogP contribution in [-0.4, -0.2) is 25.3 Å². The molecule has 0 unspecified atom stereocenters. The van der Waals surface area contributed by atoms with Crippen LogP contribution >= 0.6 is 0 Å². The third-order valence-electron chi connectivity index (χ3n) is 3.31. The Morgan fingerprint density at radius 2 is 1.85 bits per heavy atom. The van der Waals surface area contributed by atoms with Gasteiger partial charge in [0.25, 0.3) is 0 Å². The minimum absolute atomic E-state index is 0.0238. The summed E-state index contributed by atoms with van der Waals surface area (Å²) >= 11 is 0. The third kappa shape index (κ3) is 4.80. The van der Waals surface area contributed by atoms with Gasteiger partial charge in [-0.3, -0.25) is 0 Å². The predicted octanol–water partition coefficient (Wildman–Crippen LogP) is 3.00. The molecule has 1 aromatic rings. The summed E-state index contributed by atoms with van der Waals surface area (Å²) in [6, 6.07) is 7.12. The lowest BCUT2D eigenvalue weighted by Crippen LogP contribution is -2.38. The zero-order chi connectivity index (χ0) is 15.2. The highest BCUT2D eigenvalue weighted by molar-refractivity contribution is 7.88. The van der Waals surface area contributed by atoms with Crippen molar-refractivity contribution in [2.75, 3.05) is 12.3 Å². The van der Waals surface area contributed by atoms with Crippen molar-refractivity contribution in [3.63, 3.8) is 0 Å². The fourth-order valence-electron chi connectivity index (χ4n) is 2.18. The lowest BCUT2D eigenvalue weighted by atomic mass is 10.2. The van der Waals surface area contributed by atoms with Gasteiger partial charge in [-0.2, -0.15) is 4.31 Å². The van der Waals surface area contributed by atoms with Crippen molar-refractivity contribution in [3.8, 4) is 0 Å². The van der Waals surface area contributed by atoms with Crippen LogP contribution in [0.4, 0.5) is 5.69 Å². The van der Waals surface area contributed by atoms with E-state index in [1.807, 2.05) is 26.0 Å². The highest BCUT2D eigenvalue weighted by Gasteiger charge is 2.25. The Labute approximate surface area is 123 Å². The Hall–Kier alpha value is -1.07. The summed E-state index contributed by atoms with van der Waals surface area (Å²) < 4.78 is 26.7. The molecule has 0 aliphatic carbocycles. The molecule has 0 aliphatic heterocycles. The molecule has 2 N–H and O–H groups in total. The van der Waals surface area contributed by atoms with Crippen LogP contribution in [0.5, 0.6) is 0 Å². The number of sulfonamides is 1. The molecule has 0 saturated carbocycles. The summed E-state index contributed by atoms with van der Waals surface area (Å²) in [4.78, 5) is 0. The van der Waals surface area contributed by atoms with Crippen LogP contribution in [0.3, 0.4) is 0 Å². The summed E-state index contributed by atoms with van der Waals surface area (Å²) in [7, 11) is -3.32. The molecule has 0 heterocycles. The number of para-hydroxylation sites is 1. The molecule has 0 spiro atoms. The fraction of sp³-hybridized carbons (Fsp3) is 0.600. The van der Waals surface area contributed by atoms with Gasteiger partial charge >= 0.3 is 0 Å². The van der Waals surface area contributed by atoms with Crippen LogP contribution in [0.15, 0.2) is 24.3 Å². The molecule has 0 aromatic heterocycles. The second-order valence-corrected chi connectivity index (χ2v) is 7.29. The van der Waals surface area contributed by atoms with Crippen molar-refractivity contribution in [1.29, 1.82) is 0 Å². The van der Waals surface area contributed by atoms with Gasteiger partial charge in [-0.25, -0.2) is 8.42 Å². The lowest BCUT2D eigenvalue weighted by Gasteiger charge is -2.26. The van der Waals surface area contributed by atoms with E-state index in [0.717, 1.165) is 19.3 Å². The van der Waals surface area contributed by atoms with Gasteiger partial charge in [0.05, 0.1) is 5.75 Å². The zero-order valence-corrected chi connectivity index (χ0v) is 13.5. The van der Waals surface area contributed by atoms with Gasteiger partial charge in [-0.1, -0.05) is 38.0 Å². The average molecular weight is 298 g/mol. The number of hydrogen-bond donors (Lipinski definition) is 1. The molecule has 4 nitrogen and oxygen atoms in total. The van der Waals surface area contributed by atoms with E-state index >= 15 is 0 Å². The van der Waals surface area contributed by atoms with Crippen molar-refractivity contribution >= 4 is 15.7 Å². The van der Waals surface area contributed by atoms with E-state index in [-0.39, 0.29) is 11.8 Å². The van der Waals surface area contributed by atoms with Gasteiger partial charge in [-0.15, -0.1) is 0 Å². The first kappa shape index (κ1) is 17.0. The lowest BCUT2D eigenvalue weighted by molar-refractivity contribution is 0.345. The summed E-state index contributed by atoms with van der Waals surface area (Å²) in [6.07, 6.45) is 3.03. The molecular weight excluding hydrogens is 272 g/mol. The molecule has 0 radical (unpaired) electrons. The Morgan fingerprint density at radius 1 is 1.20 bits per heavy atom. The van der Waals surface area contributed by atoms with E-state index in [0.29, 0.717) is 17.8 Å². The van der Waals surface area contributed by atoms with E-state index in [2.05, 4.69) is 6.92 Å². The molecule has 0 saturated heterocycles. The van der Waals surface area contributed by atoms with E-state index in [1.165, 1.54) is 0 Å². The highest BCUT2D eigenvalue weighted by atomic mass is 32.2. The van der Waals surface area contributed by atoms with Gasteiger partial charge in [0, 0.05) is 18.3 Å². The molecular formula is C15H26N2O2S. The summed E-state index contributed by atoms with van der Waals surface area (Å²) in [5.74, 6) is -0.0238. The van der Waals surface area contributed by atoms with Gasteiger partial charge in [0.2, 0.25) is 10.0 Å². The topological polar surface area (TPSA) is 63.4 Å². The number of rotatable bonds is 8. The normalized spacial score (nSPS) is 12.2. The average Bonchev–Trinajstić information content (AvgIpc) is 2.36. The molecule has 20 heavy (non-hydrogen) atoms. The first-order chi connectivity index (χ1) is 9.38. The van der Waals surface area contributed by atoms with E-state index in [4.69, 9.17) is 5.73 Å². The summed E-state index contributed by atoms with van der Waals surface area (Å²) in [6.45, 7) is 6.52. The van der Waals surface area contributed by atoms with Crippen LogP contribution in [0.25, 0.3) is 0 Å². The third-order valence-corrected chi connectivity index (χ3v) is 5.30. The first-order valence-corrected chi connectivity index (χ1v) is 8.82. The Balaban J connectivity index is 2.85. The van der Waals surface area contributed by atoms with Gasteiger partial charge in [-0.05, 0) is 31.9 Å². The summed E-state index contributed by atoms with van der Waals surface area (Å²) in [5.41, 5.74) is 7.05. The van der Waals surface area contributed by atoms with Gasteiger partial charge in [0.1, 0.15) is 0 Å². The molecule has 0 amide bonds. The largest absolute Gasteiger partial charge is 0.398 e. The Morgan fingerprint density at radius 3 is 2.40 bits per heavy atom. The monoisotopic (exact) mass is 298 g/mol. The number of nitrogens with two attached hydrogens (primary N) is 1. The van der Waals surface area contributed by atoms with Crippen molar-refractivity contribution in [2.24, 2.45) is 0 Å². The van der Waals surface area contributed by atoms with E-state index in [1.54, 1.807) is 16.4 Å². The fourth-order valence-corrected chi connectivity index (χ4v) is 4.05. The maximum absolute atomic E-state index is 12.6. The molecule has 5 heteroatoms. The summed E-state index contributed by atoms with van der Waals surface area (Å²) in [5, 5.41) is 0. The molecule has 1 rings (SSSR count). The number of nitrogen functional groups attached to an aromatic ring is 1. The zero-order valence-electron chi connectivity index (χ0n) is 12.7. The molecule has 0 aliphatic rings. The first-order valence-electron chi connectivity index (χ1n) is 7.21. The van der Waals surface area contributed by atoms with E-state index < -0.39 is 10.0 Å². The number of hydrogen-bond acceptors (Lipinski definition) is 3. The van der Waals surface area contributed by atoms with Crippen molar-refractivity contribution in [3.05, 3.63) is 29.8 Å². The molecule has 1 aromatic carbocycles. The number of nitrogens with zero attached hydrogens (tertiary/aromatic N) is 1. The maximum Gasteiger partial charge on any atom is 0.218 e. The van der Waals surface area contributed by atoms with Crippen molar-refractivity contribution in [2.45, 2.75) is 51.8 Å². The van der Waals surface area contributed by atoms with Crippen molar-refractivity contribution < 1.29 is 8.42 Å². The standard InChI is InChI=1S/C15H26N2O2S/c1-4-5-8-11-17(13(2)3)20(18,19)12-14-9-6-7-10-15(14)16/h6-7,9-10,13H,4-5,8,11-12,16H2,1-3H3. The second-order valence-electron chi connectivity index (χ2n) is 5.37. The van der Waals surface area contributed by atoms with Crippen LogP contribution in [0.1, 0.15) is 45.6 Å². The molecule has 0 bridgehead atoms. The smallest absolute Gasteiger partial charge is 0.218 e. The SMILES string of the molecule is CCCCCN(C(C)C)S(=O)(=O)Cc1ccccc1N. The quantitative estimate of drug-likeness (QED) is 0.593. The van der Waals surface area contributed by atoms with Crippen LogP contribution in [0.2, 0.25) is 0 Å². The Bertz CT molecular complexity index is 512. The van der Waals surface area contributed by atoms with Gasteiger partial charge < -0.3 is 5.73 Å². The predicted molar refractivity (Wildman–Crippen MR) is 84.8 cm³/mol. The minimum Gasteiger partial charge on any atom is -0.398 e. The van der Waals surface area contributed by atoms with Crippen LogP contribution in [0, 0.1) is 0 Å². The van der Waals surface area contributed by atoms with Crippen molar-refractivity contribution in [1.82, 2.24) is 4.31 Å². The number of benzene rings is 1. The Kier molecular flexibility index (Phi) is 6.49. The van der Waals surface area contributed by atoms with E-state index in [9.17, 15) is 8.42 Å². The van der Waals surface area contributed by atoms with Gasteiger partial charge in [0.15, 0.2) is 0 Å². The number of unbranched alkanes of at least 4 members (excludes halogenated alkanes) is 2. The molecule has 0 atom stereocenters. The van der Waals surface area contributed by atoms with Crippen LogP contribution < -0.4 is 5.73 Å². The number of anilines is 1. The van der Waals surface area contributed by atoms with Crippen LogP contribution in [-0.2, 0) is 15.8 Å².